The number of aromatic nitrogens is 2. The predicted molar refractivity (Wildman–Crippen MR) is 93.2 cm³/mol. The number of aliphatic hydroxyl groups is 1. The molecule has 0 saturated carbocycles. The molecule has 2 aromatic rings. The second kappa shape index (κ2) is 8.48. The van der Waals surface area contributed by atoms with Crippen molar-refractivity contribution in [3.05, 3.63) is 52.4 Å². The normalized spacial score (nSPS) is 16.8. The molecule has 1 aromatic heterocycles. The number of carboxylic acids is 1. The van der Waals surface area contributed by atoms with Crippen LogP contribution in [-0.2, 0) is 25.7 Å². The zero-order chi connectivity index (χ0) is 23.1. The molecule has 0 spiro atoms. The fraction of sp³-hybridized carbons (Fsp3) is 0.444. The van der Waals surface area contributed by atoms with Crippen molar-refractivity contribution in [3.63, 3.8) is 0 Å². The standard InChI is InChI=1S/C18H18F6N4O3/c19-10-6-12(21)11(20)4-8(10)3-9(25)5-14(29)27-1-2-28-13(7-27)15(16(30)31)26-17(28)18(22,23)24/h4,6,9,14,29H,1-3,5,7,25H2,(H,30,31). The van der Waals surface area contributed by atoms with Gasteiger partial charge in [-0.25, -0.2) is 22.9 Å². The largest absolute Gasteiger partial charge is 0.476 e. The van der Waals surface area contributed by atoms with Crippen LogP contribution in [0.5, 0.6) is 0 Å². The summed E-state index contributed by atoms with van der Waals surface area (Å²) < 4.78 is 80.3. The molecule has 2 unspecified atom stereocenters. The molecule has 3 rings (SSSR count). The van der Waals surface area contributed by atoms with E-state index >= 15 is 0 Å². The molecule has 13 heteroatoms. The van der Waals surface area contributed by atoms with Crippen LogP contribution < -0.4 is 5.73 Å². The summed E-state index contributed by atoms with van der Waals surface area (Å²) in [4.78, 5) is 15.8. The lowest BCUT2D eigenvalue weighted by molar-refractivity contribution is -0.148. The first-order chi connectivity index (χ1) is 14.4. The number of carbonyl (C=O) groups is 1. The van der Waals surface area contributed by atoms with E-state index in [-0.39, 0.29) is 43.7 Å². The van der Waals surface area contributed by atoms with Crippen LogP contribution in [0.25, 0.3) is 0 Å². The minimum absolute atomic E-state index is 0.0566. The summed E-state index contributed by atoms with van der Waals surface area (Å²) in [6, 6.07) is 0.144. The summed E-state index contributed by atoms with van der Waals surface area (Å²) >= 11 is 0. The van der Waals surface area contributed by atoms with Crippen LogP contribution in [0.1, 0.15) is 34.0 Å². The number of aliphatic hydroxyl groups excluding tert-OH is 1. The van der Waals surface area contributed by atoms with Crippen molar-refractivity contribution in [2.75, 3.05) is 6.54 Å². The van der Waals surface area contributed by atoms with Crippen molar-refractivity contribution in [1.29, 1.82) is 0 Å². The average molecular weight is 452 g/mol. The maximum atomic E-state index is 13.8. The number of halogens is 6. The summed E-state index contributed by atoms with van der Waals surface area (Å²) in [5, 5.41) is 19.6. The molecule has 2 heterocycles. The smallest absolute Gasteiger partial charge is 0.449 e. The number of alkyl halides is 3. The van der Waals surface area contributed by atoms with E-state index in [0.717, 1.165) is 4.57 Å². The van der Waals surface area contributed by atoms with Gasteiger partial charge in [0.15, 0.2) is 17.3 Å². The van der Waals surface area contributed by atoms with Crippen LogP contribution in [0.2, 0.25) is 0 Å². The molecule has 1 aliphatic heterocycles. The fourth-order valence-corrected chi connectivity index (χ4v) is 3.54. The quantitative estimate of drug-likeness (QED) is 0.458. The van der Waals surface area contributed by atoms with Crippen LogP contribution >= 0.6 is 0 Å². The Morgan fingerprint density at radius 3 is 2.42 bits per heavy atom. The van der Waals surface area contributed by atoms with Gasteiger partial charge in [-0.05, 0) is 18.1 Å². The highest BCUT2D eigenvalue weighted by atomic mass is 19.4. The average Bonchev–Trinajstić information content (AvgIpc) is 3.05. The van der Waals surface area contributed by atoms with E-state index in [0.29, 0.717) is 12.1 Å². The number of carboxylic acid groups (broad SMARTS) is 1. The van der Waals surface area contributed by atoms with Gasteiger partial charge in [0.05, 0.1) is 5.69 Å². The van der Waals surface area contributed by atoms with Crippen molar-refractivity contribution in [2.24, 2.45) is 5.73 Å². The number of benzene rings is 1. The Balaban J connectivity index is 1.72. The molecular formula is C18H18F6N4O3. The number of hydrogen-bond donors (Lipinski definition) is 3. The van der Waals surface area contributed by atoms with Gasteiger partial charge in [-0.1, -0.05) is 0 Å². The van der Waals surface area contributed by atoms with Gasteiger partial charge in [0.2, 0.25) is 5.82 Å². The first kappa shape index (κ1) is 23.0. The van der Waals surface area contributed by atoms with Crippen LogP contribution in [0.15, 0.2) is 12.1 Å². The molecule has 7 nitrogen and oxygen atoms in total. The van der Waals surface area contributed by atoms with Gasteiger partial charge in [-0.15, -0.1) is 0 Å². The first-order valence-electron chi connectivity index (χ1n) is 9.09. The van der Waals surface area contributed by atoms with Crippen LogP contribution in [0.4, 0.5) is 26.3 Å². The Morgan fingerprint density at radius 2 is 1.81 bits per heavy atom. The number of nitrogens with zero attached hydrogens (tertiary/aromatic N) is 3. The summed E-state index contributed by atoms with van der Waals surface area (Å²) in [6.07, 6.45) is -6.56. The van der Waals surface area contributed by atoms with E-state index in [2.05, 4.69) is 4.98 Å². The zero-order valence-corrected chi connectivity index (χ0v) is 15.8. The lowest BCUT2D eigenvalue weighted by Gasteiger charge is -2.34. The van der Waals surface area contributed by atoms with Gasteiger partial charge < -0.3 is 20.5 Å². The van der Waals surface area contributed by atoms with Crippen molar-refractivity contribution in [2.45, 2.75) is 44.4 Å². The highest BCUT2D eigenvalue weighted by Gasteiger charge is 2.41. The topological polar surface area (TPSA) is 105 Å². The van der Waals surface area contributed by atoms with E-state index < -0.39 is 53.4 Å². The highest BCUT2D eigenvalue weighted by molar-refractivity contribution is 5.87. The predicted octanol–water partition coefficient (Wildman–Crippen LogP) is 2.11. The SMILES string of the molecule is NC(Cc1cc(F)c(F)cc1F)CC(O)N1CCn2c(C(F)(F)F)nc(C(=O)O)c2C1. The summed E-state index contributed by atoms with van der Waals surface area (Å²) in [7, 11) is 0. The highest BCUT2D eigenvalue weighted by Crippen LogP contribution is 2.32. The lowest BCUT2D eigenvalue weighted by atomic mass is 10.0. The van der Waals surface area contributed by atoms with E-state index in [4.69, 9.17) is 5.73 Å². The van der Waals surface area contributed by atoms with Gasteiger partial charge in [0.1, 0.15) is 12.0 Å². The number of imidazole rings is 1. The second-order valence-electron chi connectivity index (χ2n) is 7.19. The molecule has 0 fully saturated rings. The van der Waals surface area contributed by atoms with Crippen molar-refractivity contribution in [3.8, 4) is 0 Å². The fourth-order valence-electron chi connectivity index (χ4n) is 3.54. The minimum Gasteiger partial charge on any atom is -0.476 e. The lowest BCUT2D eigenvalue weighted by Crippen LogP contribution is -2.45. The number of rotatable bonds is 6. The third-order valence-corrected chi connectivity index (χ3v) is 5.00. The molecule has 0 aliphatic carbocycles. The van der Waals surface area contributed by atoms with Gasteiger partial charge in [-0.2, -0.15) is 13.2 Å². The Bertz CT molecular complexity index is 994. The van der Waals surface area contributed by atoms with Gasteiger partial charge in [0, 0.05) is 38.2 Å². The minimum atomic E-state index is -4.85. The molecule has 2 atom stereocenters. The van der Waals surface area contributed by atoms with E-state index in [1.807, 2.05) is 0 Å². The molecule has 4 N–H and O–H groups in total. The molecule has 0 bridgehead atoms. The van der Waals surface area contributed by atoms with Crippen molar-refractivity contribution >= 4 is 5.97 Å². The molecule has 1 aromatic carbocycles. The molecule has 0 saturated heterocycles. The maximum Gasteiger partial charge on any atom is 0.449 e. The van der Waals surface area contributed by atoms with Gasteiger partial charge >= 0.3 is 12.1 Å². The molecular weight excluding hydrogens is 434 g/mol. The van der Waals surface area contributed by atoms with Gasteiger partial charge in [-0.3, -0.25) is 4.90 Å². The molecule has 0 amide bonds. The number of hydrogen-bond acceptors (Lipinski definition) is 5. The zero-order valence-electron chi connectivity index (χ0n) is 15.8. The van der Waals surface area contributed by atoms with Crippen LogP contribution in [0, 0.1) is 17.5 Å². The van der Waals surface area contributed by atoms with Crippen molar-refractivity contribution < 1.29 is 41.4 Å². The van der Waals surface area contributed by atoms with Crippen LogP contribution in [0.3, 0.4) is 0 Å². The van der Waals surface area contributed by atoms with E-state index in [9.17, 15) is 41.4 Å². The Morgan fingerprint density at radius 1 is 1.16 bits per heavy atom. The Labute approximate surface area is 171 Å². The first-order valence-corrected chi connectivity index (χ1v) is 9.09. The Kier molecular flexibility index (Phi) is 6.30. The summed E-state index contributed by atoms with van der Waals surface area (Å²) in [6.45, 7) is -0.661. The van der Waals surface area contributed by atoms with Crippen molar-refractivity contribution in [1.82, 2.24) is 14.5 Å². The molecule has 170 valence electrons. The number of nitrogens with two attached hydrogens (primary N) is 1. The maximum absolute atomic E-state index is 13.8. The monoisotopic (exact) mass is 452 g/mol. The third kappa shape index (κ3) is 4.83. The van der Waals surface area contributed by atoms with Gasteiger partial charge in [0.25, 0.3) is 0 Å². The molecule has 1 aliphatic rings. The van der Waals surface area contributed by atoms with Crippen LogP contribution in [-0.4, -0.2) is 49.4 Å². The second-order valence-corrected chi connectivity index (χ2v) is 7.19. The third-order valence-electron chi connectivity index (χ3n) is 5.00. The summed E-state index contributed by atoms with van der Waals surface area (Å²) in [5.41, 5.74) is 4.69. The number of fused-ring (bicyclic) bond motifs is 1. The number of aromatic carboxylic acids is 1. The Hall–Kier alpha value is -2.64. The van der Waals surface area contributed by atoms with E-state index in [1.165, 1.54) is 4.90 Å². The summed E-state index contributed by atoms with van der Waals surface area (Å²) in [5.74, 6) is -6.58. The molecule has 0 radical (unpaired) electrons. The van der Waals surface area contributed by atoms with E-state index in [1.54, 1.807) is 0 Å². The molecule has 31 heavy (non-hydrogen) atoms.